The largest absolute Gasteiger partial charge is 0.460 e. The molecule has 0 aliphatic heterocycles. The minimum atomic E-state index is 0.805. The van der Waals surface area contributed by atoms with Gasteiger partial charge in [-0.3, -0.25) is 0 Å². The molecule has 1 fully saturated rings. The van der Waals surface area contributed by atoms with E-state index in [1.807, 2.05) is 18.2 Å². The fourth-order valence-corrected chi connectivity index (χ4v) is 2.38. The third-order valence-corrected chi connectivity index (χ3v) is 3.67. The molecule has 2 aromatic rings. The third-order valence-electron chi connectivity index (χ3n) is 3.67. The molecule has 1 aliphatic carbocycles. The number of hydrogen-bond donors (Lipinski definition) is 1. The van der Waals surface area contributed by atoms with E-state index in [2.05, 4.69) is 24.4 Å². The standard InChI is InChI=1S/C15H19NO/c1-11(12-6-7-12)9-16-10-14-8-13-4-2-3-5-15(13)17-14/h2-5,8,11-12,16H,6-7,9-10H2,1H3. The number of para-hydroxylation sites is 1. The first-order valence-electron chi connectivity index (χ1n) is 6.51. The molecule has 17 heavy (non-hydrogen) atoms. The minimum Gasteiger partial charge on any atom is -0.460 e. The highest BCUT2D eigenvalue weighted by Gasteiger charge is 2.27. The fourth-order valence-electron chi connectivity index (χ4n) is 2.38. The van der Waals surface area contributed by atoms with Crippen LogP contribution in [0.1, 0.15) is 25.5 Å². The van der Waals surface area contributed by atoms with E-state index < -0.39 is 0 Å². The lowest BCUT2D eigenvalue weighted by Crippen LogP contribution is -2.21. The number of nitrogens with one attached hydrogen (secondary N) is 1. The average Bonchev–Trinajstić information content (AvgIpc) is 3.09. The van der Waals surface area contributed by atoms with Crippen LogP contribution in [0.15, 0.2) is 34.7 Å². The molecule has 1 aromatic heterocycles. The summed E-state index contributed by atoms with van der Waals surface area (Å²) in [6, 6.07) is 10.3. The van der Waals surface area contributed by atoms with Gasteiger partial charge in [-0.05, 0) is 43.4 Å². The first-order valence-corrected chi connectivity index (χ1v) is 6.51. The Morgan fingerprint density at radius 2 is 2.18 bits per heavy atom. The van der Waals surface area contributed by atoms with E-state index >= 15 is 0 Å². The molecule has 90 valence electrons. The Labute approximate surface area is 102 Å². The summed E-state index contributed by atoms with van der Waals surface area (Å²) in [6.45, 7) is 4.27. The van der Waals surface area contributed by atoms with Gasteiger partial charge in [0.1, 0.15) is 11.3 Å². The summed E-state index contributed by atoms with van der Waals surface area (Å²) in [5, 5.41) is 4.68. The normalized spacial score (nSPS) is 17.5. The quantitative estimate of drug-likeness (QED) is 0.848. The summed E-state index contributed by atoms with van der Waals surface area (Å²) >= 11 is 0. The summed E-state index contributed by atoms with van der Waals surface area (Å²) in [7, 11) is 0. The van der Waals surface area contributed by atoms with Crippen LogP contribution in [0.5, 0.6) is 0 Å². The average molecular weight is 229 g/mol. The Morgan fingerprint density at radius 1 is 1.35 bits per heavy atom. The zero-order valence-electron chi connectivity index (χ0n) is 10.3. The van der Waals surface area contributed by atoms with E-state index in [4.69, 9.17) is 4.42 Å². The van der Waals surface area contributed by atoms with Gasteiger partial charge in [0.05, 0.1) is 6.54 Å². The molecule has 2 nitrogen and oxygen atoms in total. The second-order valence-corrected chi connectivity index (χ2v) is 5.20. The fraction of sp³-hybridized carbons (Fsp3) is 0.467. The Morgan fingerprint density at radius 3 is 2.94 bits per heavy atom. The molecule has 2 heteroatoms. The van der Waals surface area contributed by atoms with Crippen molar-refractivity contribution >= 4 is 11.0 Å². The topological polar surface area (TPSA) is 25.2 Å². The molecule has 0 amide bonds. The minimum absolute atomic E-state index is 0.805. The molecular formula is C15H19NO. The second kappa shape index (κ2) is 4.53. The van der Waals surface area contributed by atoms with Crippen LogP contribution in [0, 0.1) is 11.8 Å². The predicted octanol–water partition coefficient (Wildman–Crippen LogP) is 3.57. The summed E-state index contributed by atoms with van der Waals surface area (Å²) in [5.74, 6) is 2.81. The maximum atomic E-state index is 5.76. The van der Waals surface area contributed by atoms with E-state index in [-0.39, 0.29) is 0 Å². The maximum absolute atomic E-state index is 5.76. The van der Waals surface area contributed by atoms with E-state index in [0.717, 1.165) is 36.3 Å². The highest BCUT2D eigenvalue weighted by molar-refractivity contribution is 5.77. The van der Waals surface area contributed by atoms with Crippen molar-refractivity contribution in [2.45, 2.75) is 26.3 Å². The lowest BCUT2D eigenvalue weighted by atomic mass is 10.1. The second-order valence-electron chi connectivity index (χ2n) is 5.20. The highest BCUT2D eigenvalue weighted by atomic mass is 16.3. The summed E-state index contributed by atoms with van der Waals surface area (Å²) < 4.78 is 5.76. The van der Waals surface area contributed by atoms with Gasteiger partial charge in [0, 0.05) is 5.39 Å². The molecule has 0 bridgehead atoms. The van der Waals surface area contributed by atoms with Crippen molar-refractivity contribution in [1.29, 1.82) is 0 Å². The van der Waals surface area contributed by atoms with Gasteiger partial charge in [-0.2, -0.15) is 0 Å². The molecule has 0 saturated heterocycles. The highest BCUT2D eigenvalue weighted by Crippen LogP contribution is 2.36. The van der Waals surface area contributed by atoms with Crippen LogP contribution in [0.4, 0.5) is 0 Å². The van der Waals surface area contributed by atoms with Crippen LogP contribution in [-0.2, 0) is 6.54 Å². The first kappa shape index (κ1) is 10.8. The van der Waals surface area contributed by atoms with Gasteiger partial charge in [-0.15, -0.1) is 0 Å². The lowest BCUT2D eigenvalue weighted by Gasteiger charge is -2.09. The van der Waals surface area contributed by atoms with Crippen LogP contribution in [0.2, 0.25) is 0 Å². The summed E-state index contributed by atoms with van der Waals surface area (Å²) in [5.41, 5.74) is 0.986. The Bertz CT molecular complexity index is 465. The zero-order chi connectivity index (χ0) is 11.7. The van der Waals surface area contributed by atoms with Crippen molar-refractivity contribution in [3.05, 3.63) is 36.1 Å². The summed E-state index contributed by atoms with van der Waals surface area (Å²) in [4.78, 5) is 0. The van der Waals surface area contributed by atoms with Crippen molar-refractivity contribution in [2.24, 2.45) is 11.8 Å². The number of hydrogen-bond acceptors (Lipinski definition) is 2. The molecule has 1 atom stereocenters. The van der Waals surface area contributed by atoms with E-state index in [1.165, 1.54) is 18.2 Å². The first-order chi connectivity index (χ1) is 8.33. The molecule has 1 N–H and O–H groups in total. The summed E-state index contributed by atoms with van der Waals surface area (Å²) in [6.07, 6.45) is 2.85. The molecule has 0 spiro atoms. The molecule has 1 heterocycles. The predicted molar refractivity (Wildman–Crippen MR) is 69.8 cm³/mol. The van der Waals surface area contributed by atoms with Crippen molar-refractivity contribution in [3.63, 3.8) is 0 Å². The molecule has 1 saturated carbocycles. The van der Waals surface area contributed by atoms with Gasteiger partial charge in [0.15, 0.2) is 0 Å². The molecule has 1 unspecified atom stereocenters. The van der Waals surface area contributed by atoms with Gasteiger partial charge in [-0.25, -0.2) is 0 Å². The van der Waals surface area contributed by atoms with Gasteiger partial charge < -0.3 is 9.73 Å². The molecule has 0 radical (unpaired) electrons. The molecule has 1 aliphatic rings. The Kier molecular flexibility index (Phi) is 2.89. The molecule has 3 rings (SSSR count). The van der Waals surface area contributed by atoms with Crippen LogP contribution in [0.3, 0.4) is 0 Å². The van der Waals surface area contributed by atoms with Gasteiger partial charge in [-0.1, -0.05) is 25.1 Å². The van der Waals surface area contributed by atoms with E-state index in [1.54, 1.807) is 0 Å². The van der Waals surface area contributed by atoms with Gasteiger partial charge in [0.25, 0.3) is 0 Å². The number of fused-ring (bicyclic) bond motifs is 1. The SMILES string of the molecule is CC(CNCc1cc2ccccc2o1)C1CC1. The number of benzene rings is 1. The molecule has 1 aromatic carbocycles. The van der Waals surface area contributed by atoms with Crippen LogP contribution in [0.25, 0.3) is 11.0 Å². The number of rotatable bonds is 5. The van der Waals surface area contributed by atoms with Crippen LogP contribution in [-0.4, -0.2) is 6.54 Å². The smallest absolute Gasteiger partial charge is 0.134 e. The van der Waals surface area contributed by atoms with E-state index in [9.17, 15) is 0 Å². The molecular weight excluding hydrogens is 210 g/mol. The van der Waals surface area contributed by atoms with Crippen molar-refractivity contribution in [2.75, 3.05) is 6.54 Å². The number of furan rings is 1. The van der Waals surface area contributed by atoms with Crippen molar-refractivity contribution < 1.29 is 4.42 Å². The monoisotopic (exact) mass is 229 g/mol. The van der Waals surface area contributed by atoms with Crippen LogP contribution < -0.4 is 5.32 Å². The Hall–Kier alpha value is -1.28. The zero-order valence-corrected chi connectivity index (χ0v) is 10.3. The lowest BCUT2D eigenvalue weighted by molar-refractivity contribution is 0.438. The van der Waals surface area contributed by atoms with Gasteiger partial charge in [0.2, 0.25) is 0 Å². The van der Waals surface area contributed by atoms with Crippen LogP contribution >= 0.6 is 0 Å². The van der Waals surface area contributed by atoms with E-state index in [0.29, 0.717) is 0 Å². The van der Waals surface area contributed by atoms with Crippen molar-refractivity contribution in [1.82, 2.24) is 5.32 Å². The maximum Gasteiger partial charge on any atom is 0.134 e. The Balaban J connectivity index is 1.57. The van der Waals surface area contributed by atoms with Crippen molar-refractivity contribution in [3.8, 4) is 0 Å². The van der Waals surface area contributed by atoms with Gasteiger partial charge >= 0.3 is 0 Å². The third kappa shape index (κ3) is 2.52.